The first-order chi connectivity index (χ1) is 16.5. The van der Waals surface area contributed by atoms with Crippen LogP contribution >= 0.6 is 0 Å². The van der Waals surface area contributed by atoms with Crippen molar-refractivity contribution in [3.8, 4) is 0 Å². The standard InChI is InChI=1S/C24H34N4O7/c1-14(2)11-17(21(31)27-18(24(34)35)12-15-7-4-3-5-8-15)26-22(32)19-9-6-10-28(19)23(33)16(25)13-20(29)30/h3-5,7-8,14,16-19H,6,9-13,25H2,1-2H3,(H,26,32)(H,27,31)(H,29,30)(H,34,35). The van der Waals surface area contributed by atoms with Gasteiger partial charge in [0.25, 0.3) is 0 Å². The molecule has 1 fully saturated rings. The Hall–Kier alpha value is -3.47. The van der Waals surface area contributed by atoms with Gasteiger partial charge < -0.3 is 31.5 Å². The molecule has 0 aromatic heterocycles. The number of rotatable bonds is 12. The molecule has 0 bridgehead atoms. The van der Waals surface area contributed by atoms with Crippen LogP contribution in [0.25, 0.3) is 0 Å². The minimum atomic E-state index is -1.27. The van der Waals surface area contributed by atoms with Crippen LogP contribution in [0.1, 0.15) is 45.1 Å². The van der Waals surface area contributed by atoms with Crippen molar-refractivity contribution in [2.24, 2.45) is 11.7 Å². The summed E-state index contributed by atoms with van der Waals surface area (Å²) in [5.74, 6) is -4.24. The SMILES string of the molecule is CC(C)CC(NC(=O)C1CCCN1C(=O)C(N)CC(=O)O)C(=O)NC(Cc1ccccc1)C(=O)O. The van der Waals surface area contributed by atoms with E-state index in [1.807, 2.05) is 13.8 Å². The van der Waals surface area contributed by atoms with E-state index >= 15 is 0 Å². The minimum absolute atomic E-state index is 0.00810. The number of benzene rings is 1. The Balaban J connectivity index is 2.10. The summed E-state index contributed by atoms with van der Waals surface area (Å²) in [6.45, 7) is 3.98. The smallest absolute Gasteiger partial charge is 0.326 e. The lowest BCUT2D eigenvalue weighted by Gasteiger charge is -2.29. The molecular weight excluding hydrogens is 456 g/mol. The highest BCUT2D eigenvalue weighted by atomic mass is 16.4. The van der Waals surface area contributed by atoms with Crippen LogP contribution in [0.2, 0.25) is 0 Å². The summed E-state index contributed by atoms with van der Waals surface area (Å²) in [5, 5.41) is 23.7. The topological polar surface area (TPSA) is 179 Å². The highest BCUT2D eigenvalue weighted by molar-refractivity contribution is 5.95. The van der Waals surface area contributed by atoms with Crippen LogP contribution in [-0.2, 0) is 30.4 Å². The summed E-state index contributed by atoms with van der Waals surface area (Å²) < 4.78 is 0. The van der Waals surface area contributed by atoms with Crippen LogP contribution in [-0.4, -0.2) is 75.5 Å². The molecule has 4 unspecified atom stereocenters. The number of amides is 3. The van der Waals surface area contributed by atoms with Crippen molar-refractivity contribution in [1.82, 2.24) is 15.5 Å². The molecule has 192 valence electrons. The highest BCUT2D eigenvalue weighted by Gasteiger charge is 2.38. The van der Waals surface area contributed by atoms with Gasteiger partial charge in [0.15, 0.2) is 0 Å². The monoisotopic (exact) mass is 490 g/mol. The average molecular weight is 491 g/mol. The molecular formula is C24H34N4O7. The van der Waals surface area contributed by atoms with Crippen molar-refractivity contribution < 1.29 is 34.2 Å². The minimum Gasteiger partial charge on any atom is -0.481 e. The molecule has 1 heterocycles. The number of hydrogen-bond donors (Lipinski definition) is 5. The van der Waals surface area contributed by atoms with Crippen molar-refractivity contribution in [2.75, 3.05) is 6.54 Å². The third kappa shape index (κ3) is 8.36. The number of nitrogens with zero attached hydrogens (tertiary/aromatic N) is 1. The molecule has 0 radical (unpaired) electrons. The molecule has 6 N–H and O–H groups in total. The largest absolute Gasteiger partial charge is 0.481 e. The zero-order chi connectivity index (χ0) is 26.1. The van der Waals surface area contributed by atoms with E-state index in [4.69, 9.17) is 10.8 Å². The molecule has 1 aliphatic heterocycles. The molecule has 1 saturated heterocycles. The maximum atomic E-state index is 13.1. The van der Waals surface area contributed by atoms with Gasteiger partial charge in [-0.3, -0.25) is 19.2 Å². The maximum absolute atomic E-state index is 13.1. The average Bonchev–Trinajstić information content (AvgIpc) is 3.27. The number of likely N-dealkylation sites (tertiary alicyclic amines) is 1. The quantitative estimate of drug-likeness (QED) is 0.274. The molecule has 35 heavy (non-hydrogen) atoms. The summed E-state index contributed by atoms with van der Waals surface area (Å²) in [4.78, 5) is 62.6. The van der Waals surface area contributed by atoms with E-state index in [1.54, 1.807) is 30.3 Å². The molecule has 3 amide bonds. The summed E-state index contributed by atoms with van der Waals surface area (Å²) in [7, 11) is 0. The molecule has 4 atom stereocenters. The first-order valence-corrected chi connectivity index (χ1v) is 11.6. The lowest BCUT2D eigenvalue weighted by molar-refractivity contribution is -0.144. The molecule has 2 rings (SSSR count). The number of nitrogens with one attached hydrogen (secondary N) is 2. The van der Waals surface area contributed by atoms with Crippen molar-refractivity contribution in [3.63, 3.8) is 0 Å². The Morgan fingerprint density at radius 1 is 1.06 bits per heavy atom. The third-order valence-corrected chi connectivity index (χ3v) is 5.79. The van der Waals surface area contributed by atoms with Crippen LogP contribution < -0.4 is 16.4 Å². The first kappa shape index (κ1) is 27.8. The molecule has 1 aliphatic rings. The second kappa shape index (κ2) is 12.8. The van der Waals surface area contributed by atoms with Gasteiger partial charge in [-0.2, -0.15) is 0 Å². The van der Waals surface area contributed by atoms with Crippen LogP contribution in [0.5, 0.6) is 0 Å². The molecule has 0 aliphatic carbocycles. The van der Waals surface area contributed by atoms with Gasteiger partial charge in [-0.25, -0.2) is 4.79 Å². The van der Waals surface area contributed by atoms with Gasteiger partial charge in [0.05, 0.1) is 12.5 Å². The lowest BCUT2D eigenvalue weighted by Crippen LogP contribution is -2.57. The summed E-state index contributed by atoms with van der Waals surface area (Å²) in [6.07, 6.45) is 0.660. The fraction of sp³-hybridized carbons (Fsp3) is 0.542. The number of aliphatic carboxylic acids is 2. The second-order valence-corrected chi connectivity index (χ2v) is 9.17. The summed E-state index contributed by atoms with van der Waals surface area (Å²) >= 11 is 0. The maximum Gasteiger partial charge on any atom is 0.326 e. The number of carbonyl (C=O) groups excluding carboxylic acids is 3. The zero-order valence-electron chi connectivity index (χ0n) is 20.0. The van der Waals surface area contributed by atoms with E-state index in [9.17, 15) is 29.1 Å². The molecule has 11 nitrogen and oxygen atoms in total. The Morgan fingerprint density at radius 3 is 2.29 bits per heavy atom. The normalized spacial score (nSPS) is 17.9. The van der Waals surface area contributed by atoms with Gasteiger partial charge in [0.2, 0.25) is 17.7 Å². The van der Waals surface area contributed by atoms with Crippen LogP contribution in [0, 0.1) is 5.92 Å². The van der Waals surface area contributed by atoms with Crippen molar-refractivity contribution >= 4 is 29.7 Å². The number of hydrogen-bond acceptors (Lipinski definition) is 6. The Kier molecular flexibility index (Phi) is 10.2. The Bertz CT molecular complexity index is 922. The molecule has 1 aromatic rings. The third-order valence-electron chi connectivity index (χ3n) is 5.79. The van der Waals surface area contributed by atoms with Gasteiger partial charge in [-0.15, -0.1) is 0 Å². The van der Waals surface area contributed by atoms with Crippen molar-refractivity contribution in [3.05, 3.63) is 35.9 Å². The van der Waals surface area contributed by atoms with E-state index in [0.29, 0.717) is 12.8 Å². The summed E-state index contributed by atoms with van der Waals surface area (Å²) in [6, 6.07) is 4.52. The van der Waals surface area contributed by atoms with Crippen LogP contribution in [0.4, 0.5) is 0 Å². The van der Waals surface area contributed by atoms with Crippen LogP contribution in [0.3, 0.4) is 0 Å². The van der Waals surface area contributed by atoms with E-state index in [1.165, 1.54) is 4.90 Å². The zero-order valence-corrected chi connectivity index (χ0v) is 20.0. The predicted molar refractivity (Wildman–Crippen MR) is 126 cm³/mol. The second-order valence-electron chi connectivity index (χ2n) is 9.17. The lowest BCUT2D eigenvalue weighted by atomic mass is 10.0. The van der Waals surface area contributed by atoms with E-state index in [-0.39, 0.29) is 25.3 Å². The van der Waals surface area contributed by atoms with Gasteiger partial charge in [-0.05, 0) is 30.7 Å². The molecule has 1 aromatic carbocycles. The molecule has 11 heteroatoms. The number of carbonyl (C=O) groups is 5. The fourth-order valence-corrected chi connectivity index (χ4v) is 4.08. The predicted octanol–water partition coefficient (Wildman–Crippen LogP) is 0.122. The number of carboxylic acid groups (broad SMARTS) is 2. The summed E-state index contributed by atoms with van der Waals surface area (Å²) in [5.41, 5.74) is 6.44. The van der Waals surface area contributed by atoms with Crippen molar-refractivity contribution in [2.45, 2.75) is 70.1 Å². The fourth-order valence-electron chi connectivity index (χ4n) is 4.08. The molecule has 0 saturated carbocycles. The van der Waals surface area contributed by atoms with E-state index in [0.717, 1.165) is 5.56 Å². The van der Waals surface area contributed by atoms with Gasteiger partial charge >= 0.3 is 11.9 Å². The Labute approximate surface area is 204 Å². The van der Waals surface area contributed by atoms with E-state index in [2.05, 4.69) is 10.6 Å². The first-order valence-electron chi connectivity index (χ1n) is 11.6. The van der Waals surface area contributed by atoms with Gasteiger partial charge in [0.1, 0.15) is 18.1 Å². The van der Waals surface area contributed by atoms with E-state index < -0.39 is 60.2 Å². The number of nitrogens with two attached hydrogens (primary N) is 1. The van der Waals surface area contributed by atoms with Gasteiger partial charge in [-0.1, -0.05) is 44.2 Å². The van der Waals surface area contributed by atoms with Crippen molar-refractivity contribution in [1.29, 1.82) is 0 Å². The molecule has 0 spiro atoms. The van der Waals surface area contributed by atoms with Gasteiger partial charge in [0, 0.05) is 13.0 Å². The van der Waals surface area contributed by atoms with Crippen LogP contribution in [0.15, 0.2) is 30.3 Å². The Morgan fingerprint density at radius 2 is 1.71 bits per heavy atom. The highest BCUT2D eigenvalue weighted by Crippen LogP contribution is 2.20. The number of carboxylic acids is 2.